The van der Waals surface area contributed by atoms with Crippen molar-refractivity contribution in [3.8, 4) is 0 Å². The highest BCUT2D eigenvalue weighted by atomic mass is 35.5. The second kappa shape index (κ2) is 6.18. The van der Waals surface area contributed by atoms with Gasteiger partial charge in [-0.1, -0.05) is 23.7 Å². The first-order chi connectivity index (χ1) is 8.72. The number of rotatable bonds is 5. The van der Waals surface area contributed by atoms with E-state index in [4.69, 9.17) is 17.3 Å². The number of thiazole rings is 1. The molecule has 0 radical (unpaired) electrons. The van der Waals surface area contributed by atoms with E-state index in [2.05, 4.69) is 21.3 Å². The molecule has 2 rings (SSSR count). The summed E-state index contributed by atoms with van der Waals surface area (Å²) >= 11 is 7.90. The number of hydrogen-bond donors (Lipinski definition) is 1. The zero-order chi connectivity index (χ0) is 13.0. The number of anilines is 1. The Morgan fingerprint density at radius 3 is 2.94 bits per heavy atom. The van der Waals surface area contributed by atoms with Gasteiger partial charge in [0.05, 0.1) is 28.5 Å². The lowest BCUT2D eigenvalue weighted by Crippen LogP contribution is -2.19. The molecule has 5 heteroatoms. The van der Waals surface area contributed by atoms with Crippen LogP contribution in [0.1, 0.15) is 11.3 Å². The molecule has 0 atom stereocenters. The summed E-state index contributed by atoms with van der Waals surface area (Å²) in [5, 5.41) is 2.81. The van der Waals surface area contributed by atoms with Gasteiger partial charge in [0.1, 0.15) is 0 Å². The Morgan fingerprint density at radius 2 is 2.28 bits per heavy atom. The van der Waals surface area contributed by atoms with E-state index in [1.165, 1.54) is 5.56 Å². The molecule has 2 aromatic rings. The highest BCUT2D eigenvalue weighted by Crippen LogP contribution is 2.30. The Labute approximate surface area is 116 Å². The lowest BCUT2D eigenvalue weighted by Gasteiger charge is -2.23. The number of nitrogens with two attached hydrogens (primary N) is 1. The Kier molecular flexibility index (Phi) is 4.58. The fourth-order valence-electron chi connectivity index (χ4n) is 1.98. The van der Waals surface area contributed by atoms with Crippen molar-refractivity contribution in [2.24, 2.45) is 5.73 Å². The molecule has 0 spiro atoms. The van der Waals surface area contributed by atoms with Gasteiger partial charge in [-0.25, -0.2) is 4.98 Å². The van der Waals surface area contributed by atoms with Crippen molar-refractivity contribution in [1.82, 2.24) is 4.98 Å². The monoisotopic (exact) mass is 281 g/mol. The third-order valence-electron chi connectivity index (χ3n) is 2.75. The van der Waals surface area contributed by atoms with E-state index in [1.54, 1.807) is 11.3 Å². The van der Waals surface area contributed by atoms with Crippen LogP contribution >= 0.6 is 22.9 Å². The molecule has 1 heterocycles. The first-order valence-electron chi connectivity index (χ1n) is 5.78. The predicted molar refractivity (Wildman–Crippen MR) is 78.4 cm³/mol. The molecular weight excluding hydrogens is 266 g/mol. The molecule has 0 unspecified atom stereocenters. The summed E-state index contributed by atoms with van der Waals surface area (Å²) in [7, 11) is 2.03. The second-order valence-electron chi connectivity index (χ2n) is 4.12. The van der Waals surface area contributed by atoms with Gasteiger partial charge in [0.15, 0.2) is 0 Å². The first kappa shape index (κ1) is 13.3. The van der Waals surface area contributed by atoms with Gasteiger partial charge in [0.2, 0.25) is 0 Å². The summed E-state index contributed by atoms with van der Waals surface area (Å²) < 4.78 is 0. The lowest BCUT2D eigenvalue weighted by atomic mass is 10.1. The van der Waals surface area contributed by atoms with Gasteiger partial charge in [-0.2, -0.15) is 0 Å². The molecule has 18 heavy (non-hydrogen) atoms. The summed E-state index contributed by atoms with van der Waals surface area (Å²) in [4.78, 5) is 6.42. The van der Waals surface area contributed by atoms with Crippen LogP contribution in [-0.2, 0) is 13.0 Å². The fraction of sp³-hybridized carbons (Fsp3) is 0.308. The van der Waals surface area contributed by atoms with Crippen LogP contribution in [-0.4, -0.2) is 18.6 Å². The lowest BCUT2D eigenvalue weighted by molar-refractivity contribution is 0.874. The van der Waals surface area contributed by atoms with Crippen molar-refractivity contribution in [1.29, 1.82) is 0 Å². The number of nitrogens with zero attached hydrogens (tertiary/aromatic N) is 2. The Balaban J connectivity index is 2.25. The molecule has 0 aliphatic carbocycles. The maximum Gasteiger partial charge on any atom is 0.0795 e. The highest BCUT2D eigenvalue weighted by molar-refractivity contribution is 7.07. The van der Waals surface area contributed by atoms with Crippen molar-refractivity contribution in [2.75, 3.05) is 18.5 Å². The van der Waals surface area contributed by atoms with Gasteiger partial charge in [0.25, 0.3) is 0 Å². The fourth-order valence-corrected chi connectivity index (χ4v) is 2.87. The molecule has 0 aliphatic rings. The Hall–Kier alpha value is -1.10. The van der Waals surface area contributed by atoms with E-state index >= 15 is 0 Å². The van der Waals surface area contributed by atoms with Crippen LogP contribution in [0, 0.1) is 0 Å². The van der Waals surface area contributed by atoms with Crippen molar-refractivity contribution in [3.05, 3.63) is 45.4 Å². The second-order valence-corrected chi connectivity index (χ2v) is 5.25. The van der Waals surface area contributed by atoms with E-state index in [-0.39, 0.29) is 0 Å². The van der Waals surface area contributed by atoms with Gasteiger partial charge >= 0.3 is 0 Å². The normalized spacial score (nSPS) is 10.6. The van der Waals surface area contributed by atoms with Crippen LogP contribution in [0.5, 0.6) is 0 Å². The van der Waals surface area contributed by atoms with Crippen molar-refractivity contribution >= 4 is 28.6 Å². The van der Waals surface area contributed by atoms with E-state index in [0.29, 0.717) is 6.54 Å². The van der Waals surface area contributed by atoms with E-state index < -0.39 is 0 Å². The molecule has 1 aromatic heterocycles. The van der Waals surface area contributed by atoms with Gasteiger partial charge in [0, 0.05) is 12.4 Å². The standard InChI is InChI=1S/C13H16ClN3S/c1-17(7-11-8-18-9-16-11)13-10(5-6-15)3-2-4-12(13)14/h2-4,8-9H,5-7,15H2,1H3. The molecule has 3 nitrogen and oxygen atoms in total. The third-order valence-corrected chi connectivity index (χ3v) is 3.69. The van der Waals surface area contributed by atoms with Gasteiger partial charge < -0.3 is 10.6 Å². The summed E-state index contributed by atoms with van der Waals surface area (Å²) in [6.45, 7) is 1.38. The molecule has 0 saturated heterocycles. The molecule has 0 saturated carbocycles. The minimum atomic E-state index is 0.623. The van der Waals surface area contributed by atoms with Gasteiger partial charge in [-0.3, -0.25) is 0 Å². The summed E-state index contributed by atoms with van der Waals surface area (Å²) in [6.07, 6.45) is 0.831. The van der Waals surface area contributed by atoms with Crippen molar-refractivity contribution in [2.45, 2.75) is 13.0 Å². The van der Waals surface area contributed by atoms with Crippen LogP contribution in [0.15, 0.2) is 29.1 Å². The van der Waals surface area contributed by atoms with Crippen LogP contribution < -0.4 is 10.6 Å². The molecule has 0 aliphatic heterocycles. The number of benzene rings is 1. The first-order valence-corrected chi connectivity index (χ1v) is 7.10. The van der Waals surface area contributed by atoms with E-state index in [1.807, 2.05) is 24.7 Å². The summed E-state index contributed by atoms with van der Waals surface area (Å²) in [6, 6.07) is 5.95. The maximum absolute atomic E-state index is 6.30. The smallest absolute Gasteiger partial charge is 0.0795 e. The Bertz CT molecular complexity index is 499. The number of aromatic nitrogens is 1. The molecule has 0 amide bonds. The Morgan fingerprint density at radius 1 is 1.44 bits per heavy atom. The SMILES string of the molecule is CN(Cc1cscn1)c1c(Cl)cccc1CCN. The van der Waals surface area contributed by atoms with Crippen molar-refractivity contribution in [3.63, 3.8) is 0 Å². The summed E-state index contributed by atoms with van der Waals surface area (Å²) in [5.41, 5.74) is 10.8. The molecule has 96 valence electrons. The average Bonchev–Trinajstić information content (AvgIpc) is 2.82. The quantitative estimate of drug-likeness (QED) is 0.916. The number of para-hydroxylation sites is 1. The van der Waals surface area contributed by atoms with Gasteiger partial charge in [-0.05, 0) is 24.6 Å². The largest absolute Gasteiger partial charge is 0.367 e. The average molecular weight is 282 g/mol. The minimum Gasteiger partial charge on any atom is -0.367 e. The maximum atomic E-state index is 6.30. The third kappa shape index (κ3) is 3.02. The van der Waals surface area contributed by atoms with E-state index in [9.17, 15) is 0 Å². The molecular formula is C13H16ClN3S. The topological polar surface area (TPSA) is 42.2 Å². The zero-order valence-electron chi connectivity index (χ0n) is 10.3. The van der Waals surface area contributed by atoms with Crippen LogP contribution in [0.3, 0.4) is 0 Å². The molecule has 1 aromatic carbocycles. The van der Waals surface area contributed by atoms with E-state index in [0.717, 1.165) is 29.4 Å². The highest BCUT2D eigenvalue weighted by Gasteiger charge is 2.12. The number of halogens is 1. The van der Waals surface area contributed by atoms with Crippen molar-refractivity contribution < 1.29 is 0 Å². The zero-order valence-corrected chi connectivity index (χ0v) is 11.8. The molecule has 0 bridgehead atoms. The van der Waals surface area contributed by atoms with Crippen LogP contribution in [0.2, 0.25) is 5.02 Å². The molecule has 0 fully saturated rings. The summed E-state index contributed by atoms with van der Waals surface area (Å²) in [5.74, 6) is 0. The number of hydrogen-bond acceptors (Lipinski definition) is 4. The van der Waals surface area contributed by atoms with Crippen LogP contribution in [0.4, 0.5) is 5.69 Å². The van der Waals surface area contributed by atoms with Gasteiger partial charge in [-0.15, -0.1) is 11.3 Å². The minimum absolute atomic E-state index is 0.623. The molecule has 2 N–H and O–H groups in total. The van der Waals surface area contributed by atoms with Crippen LogP contribution in [0.25, 0.3) is 0 Å². The predicted octanol–water partition coefficient (Wildman–Crippen LogP) is 2.93.